The molecule has 0 bridgehead atoms. The molecule has 1 saturated heterocycles. The van der Waals surface area contributed by atoms with E-state index in [1.165, 1.54) is 0 Å². The SMILES string of the molecule is CCC(=O)[C@@H]1CCCN1C(=O)CN. The standard InChI is InChI=1S/C9H16N2O2/c1-2-8(12)7-4-3-5-11(7)9(13)6-10/h7H,2-6,10H2,1H3/t7-/m0/s1. The van der Waals surface area contributed by atoms with Gasteiger partial charge in [0.05, 0.1) is 12.6 Å². The van der Waals surface area contributed by atoms with Crippen LogP contribution in [0.2, 0.25) is 0 Å². The Balaban J connectivity index is 2.63. The van der Waals surface area contributed by atoms with Crippen LogP contribution in [0.25, 0.3) is 0 Å². The first-order valence-electron chi connectivity index (χ1n) is 4.73. The lowest BCUT2D eigenvalue weighted by molar-refractivity contribution is -0.136. The molecule has 1 fully saturated rings. The Labute approximate surface area is 78.1 Å². The van der Waals surface area contributed by atoms with Crippen molar-refractivity contribution >= 4 is 11.7 Å². The first-order chi connectivity index (χ1) is 6.20. The fraction of sp³-hybridized carbons (Fsp3) is 0.778. The largest absolute Gasteiger partial charge is 0.332 e. The molecule has 1 amide bonds. The van der Waals surface area contributed by atoms with Crippen molar-refractivity contribution in [1.82, 2.24) is 4.90 Å². The number of nitrogens with zero attached hydrogens (tertiary/aromatic N) is 1. The van der Waals surface area contributed by atoms with Crippen molar-refractivity contribution in [1.29, 1.82) is 0 Å². The van der Waals surface area contributed by atoms with Crippen LogP contribution in [0.3, 0.4) is 0 Å². The summed E-state index contributed by atoms with van der Waals surface area (Å²) in [6.07, 6.45) is 2.22. The second-order valence-corrected chi connectivity index (χ2v) is 3.27. The summed E-state index contributed by atoms with van der Waals surface area (Å²) in [6, 6.07) is -0.193. The van der Waals surface area contributed by atoms with Crippen LogP contribution in [-0.2, 0) is 9.59 Å². The lowest BCUT2D eigenvalue weighted by atomic mass is 10.1. The molecule has 1 aliphatic heterocycles. The van der Waals surface area contributed by atoms with Crippen molar-refractivity contribution in [3.05, 3.63) is 0 Å². The minimum absolute atomic E-state index is 0.00743. The van der Waals surface area contributed by atoms with E-state index < -0.39 is 0 Å². The zero-order chi connectivity index (χ0) is 9.84. The van der Waals surface area contributed by atoms with E-state index in [0.29, 0.717) is 13.0 Å². The van der Waals surface area contributed by atoms with Crippen LogP contribution < -0.4 is 5.73 Å². The quantitative estimate of drug-likeness (QED) is 0.667. The summed E-state index contributed by atoms with van der Waals surface area (Å²) in [5.41, 5.74) is 5.25. The third-order valence-corrected chi connectivity index (χ3v) is 2.47. The Morgan fingerprint density at radius 1 is 1.54 bits per heavy atom. The second kappa shape index (κ2) is 4.37. The number of rotatable bonds is 3. The average molecular weight is 184 g/mol. The summed E-state index contributed by atoms with van der Waals surface area (Å²) in [6.45, 7) is 2.52. The van der Waals surface area contributed by atoms with E-state index in [-0.39, 0.29) is 24.3 Å². The van der Waals surface area contributed by atoms with Crippen molar-refractivity contribution in [2.75, 3.05) is 13.1 Å². The minimum Gasteiger partial charge on any atom is -0.332 e. The highest BCUT2D eigenvalue weighted by molar-refractivity contribution is 5.89. The van der Waals surface area contributed by atoms with Crippen molar-refractivity contribution < 1.29 is 9.59 Å². The molecule has 13 heavy (non-hydrogen) atoms. The van der Waals surface area contributed by atoms with Crippen molar-refractivity contribution in [2.45, 2.75) is 32.2 Å². The summed E-state index contributed by atoms with van der Waals surface area (Å²) in [7, 11) is 0. The highest BCUT2D eigenvalue weighted by Gasteiger charge is 2.31. The van der Waals surface area contributed by atoms with Gasteiger partial charge in [-0.1, -0.05) is 6.92 Å². The van der Waals surface area contributed by atoms with Crippen LogP contribution in [0.1, 0.15) is 26.2 Å². The lowest BCUT2D eigenvalue weighted by Gasteiger charge is -2.22. The van der Waals surface area contributed by atoms with Crippen LogP contribution in [0.15, 0.2) is 0 Å². The number of carbonyl (C=O) groups is 2. The molecule has 0 saturated carbocycles. The molecular weight excluding hydrogens is 168 g/mol. The Morgan fingerprint density at radius 2 is 2.23 bits per heavy atom. The second-order valence-electron chi connectivity index (χ2n) is 3.27. The Morgan fingerprint density at radius 3 is 2.77 bits per heavy atom. The van der Waals surface area contributed by atoms with Gasteiger partial charge in [0, 0.05) is 13.0 Å². The van der Waals surface area contributed by atoms with E-state index in [4.69, 9.17) is 5.73 Å². The van der Waals surface area contributed by atoms with E-state index in [1.54, 1.807) is 4.90 Å². The highest BCUT2D eigenvalue weighted by Crippen LogP contribution is 2.18. The molecule has 0 spiro atoms. The molecule has 0 radical (unpaired) electrons. The number of nitrogens with two attached hydrogens (primary N) is 1. The Kier molecular flexibility index (Phi) is 3.42. The van der Waals surface area contributed by atoms with E-state index in [1.807, 2.05) is 6.92 Å². The number of hydrogen-bond donors (Lipinski definition) is 1. The van der Waals surface area contributed by atoms with Gasteiger partial charge < -0.3 is 10.6 Å². The predicted octanol–water partition coefficient (Wildman–Crippen LogP) is -0.0848. The zero-order valence-corrected chi connectivity index (χ0v) is 7.95. The van der Waals surface area contributed by atoms with Gasteiger partial charge in [-0.05, 0) is 12.8 Å². The van der Waals surface area contributed by atoms with E-state index >= 15 is 0 Å². The normalized spacial score (nSPS) is 22.0. The Hall–Kier alpha value is -0.900. The molecule has 1 heterocycles. The smallest absolute Gasteiger partial charge is 0.236 e. The maximum absolute atomic E-state index is 11.4. The summed E-state index contributed by atoms with van der Waals surface area (Å²) >= 11 is 0. The molecule has 4 nitrogen and oxygen atoms in total. The molecule has 0 aromatic rings. The molecule has 1 atom stereocenters. The number of likely N-dealkylation sites (tertiary alicyclic amines) is 1. The molecule has 74 valence electrons. The predicted molar refractivity (Wildman–Crippen MR) is 49.1 cm³/mol. The van der Waals surface area contributed by atoms with Gasteiger partial charge in [-0.25, -0.2) is 0 Å². The summed E-state index contributed by atoms with van der Waals surface area (Å²) in [5.74, 6) is 0.0450. The molecule has 0 aromatic heterocycles. The monoisotopic (exact) mass is 184 g/mol. The maximum atomic E-state index is 11.4. The fourth-order valence-electron chi connectivity index (χ4n) is 1.75. The van der Waals surface area contributed by atoms with Crippen LogP contribution in [0.5, 0.6) is 0 Å². The first kappa shape index (κ1) is 10.2. The lowest BCUT2D eigenvalue weighted by Crippen LogP contribution is -2.43. The molecular formula is C9H16N2O2. The van der Waals surface area contributed by atoms with E-state index in [9.17, 15) is 9.59 Å². The van der Waals surface area contributed by atoms with Gasteiger partial charge in [-0.3, -0.25) is 9.59 Å². The third-order valence-electron chi connectivity index (χ3n) is 2.47. The number of hydrogen-bond acceptors (Lipinski definition) is 3. The average Bonchev–Trinajstić information content (AvgIpc) is 2.63. The van der Waals surface area contributed by atoms with E-state index in [0.717, 1.165) is 12.8 Å². The number of ketones is 1. The maximum Gasteiger partial charge on any atom is 0.236 e. The van der Waals surface area contributed by atoms with Crippen LogP contribution in [0.4, 0.5) is 0 Å². The fourth-order valence-corrected chi connectivity index (χ4v) is 1.75. The summed E-state index contributed by atoms with van der Waals surface area (Å²) in [4.78, 5) is 24.3. The Bertz CT molecular complexity index is 194. The van der Waals surface area contributed by atoms with Gasteiger partial charge in [0.1, 0.15) is 0 Å². The highest BCUT2D eigenvalue weighted by atomic mass is 16.2. The van der Waals surface area contributed by atoms with Gasteiger partial charge in [-0.2, -0.15) is 0 Å². The number of amides is 1. The van der Waals surface area contributed by atoms with Crippen molar-refractivity contribution in [2.24, 2.45) is 5.73 Å². The molecule has 1 rings (SSSR count). The third kappa shape index (κ3) is 2.06. The number of carbonyl (C=O) groups excluding carboxylic acids is 2. The molecule has 0 unspecified atom stereocenters. The zero-order valence-electron chi connectivity index (χ0n) is 7.95. The van der Waals surface area contributed by atoms with Gasteiger partial charge in [-0.15, -0.1) is 0 Å². The topological polar surface area (TPSA) is 63.4 Å². The van der Waals surface area contributed by atoms with Gasteiger partial charge >= 0.3 is 0 Å². The van der Waals surface area contributed by atoms with Crippen molar-refractivity contribution in [3.8, 4) is 0 Å². The van der Waals surface area contributed by atoms with Gasteiger partial charge in [0.15, 0.2) is 5.78 Å². The summed E-state index contributed by atoms with van der Waals surface area (Å²) < 4.78 is 0. The first-order valence-corrected chi connectivity index (χ1v) is 4.73. The molecule has 0 aliphatic carbocycles. The van der Waals surface area contributed by atoms with Crippen LogP contribution in [0, 0.1) is 0 Å². The van der Waals surface area contributed by atoms with Crippen LogP contribution >= 0.6 is 0 Å². The molecule has 0 aromatic carbocycles. The van der Waals surface area contributed by atoms with Gasteiger partial charge in [0.25, 0.3) is 0 Å². The minimum atomic E-state index is -0.193. The summed E-state index contributed by atoms with van der Waals surface area (Å²) in [5, 5.41) is 0. The van der Waals surface area contributed by atoms with Gasteiger partial charge in [0.2, 0.25) is 5.91 Å². The van der Waals surface area contributed by atoms with Crippen molar-refractivity contribution in [3.63, 3.8) is 0 Å². The molecule has 4 heteroatoms. The molecule has 2 N–H and O–H groups in total. The number of Topliss-reactive ketones (excluding diaryl/α,β-unsaturated/α-hetero) is 1. The molecule has 1 aliphatic rings. The van der Waals surface area contributed by atoms with E-state index in [2.05, 4.69) is 0 Å². The van der Waals surface area contributed by atoms with Crippen LogP contribution in [-0.4, -0.2) is 35.7 Å².